The number of aromatic nitrogens is 1. The van der Waals surface area contributed by atoms with Gasteiger partial charge in [0.2, 0.25) is 10.0 Å². The number of aliphatic hydroxyl groups is 1. The number of sulfonamides is 1. The molecule has 1 aromatic heterocycles. The van der Waals surface area contributed by atoms with E-state index in [9.17, 15) is 13.5 Å². The average Bonchev–Trinajstić information content (AvgIpc) is 2.39. The Morgan fingerprint density at radius 2 is 2.39 bits per heavy atom. The minimum atomic E-state index is -3.60. The monoisotopic (exact) mass is 271 g/mol. The van der Waals surface area contributed by atoms with Crippen LogP contribution in [-0.4, -0.2) is 43.7 Å². The molecule has 0 amide bonds. The van der Waals surface area contributed by atoms with Gasteiger partial charge in [0.25, 0.3) is 0 Å². The zero-order valence-electron chi connectivity index (χ0n) is 9.96. The van der Waals surface area contributed by atoms with Gasteiger partial charge in [0.1, 0.15) is 4.90 Å². The Hall–Kier alpha value is -1.02. The summed E-state index contributed by atoms with van der Waals surface area (Å²) >= 11 is 0. The van der Waals surface area contributed by atoms with E-state index in [1.807, 2.05) is 0 Å². The molecular weight excluding hydrogens is 254 g/mol. The van der Waals surface area contributed by atoms with Crippen LogP contribution < -0.4 is 10.0 Å². The van der Waals surface area contributed by atoms with Crippen molar-refractivity contribution in [2.75, 3.05) is 19.6 Å². The SMILES string of the molecule is O=S(=O)(NC[C@@]1(O)CCCNC1)c1cccnc1. The lowest BCUT2D eigenvalue weighted by Crippen LogP contribution is -2.52. The van der Waals surface area contributed by atoms with Crippen LogP contribution in [0, 0.1) is 0 Å². The number of β-amino-alcohol motifs (C(OH)–C–C–N with tert-alkyl or cyclic N) is 1. The maximum atomic E-state index is 11.9. The molecule has 2 rings (SSSR count). The number of hydrogen-bond acceptors (Lipinski definition) is 5. The summed E-state index contributed by atoms with van der Waals surface area (Å²) in [7, 11) is -3.60. The first kappa shape index (κ1) is 13.4. The standard InChI is InChI=1S/C11H17N3O3S/c15-11(4-2-6-13-8-11)9-14-18(16,17)10-3-1-5-12-7-10/h1,3,5,7,13-15H,2,4,6,8-9H2/t11-/m1/s1. The molecule has 1 atom stereocenters. The highest BCUT2D eigenvalue weighted by molar-refractivity contribution is 7.89. The molecule has 6 nitrogen and oxygen atoms in total. The third-order valence-corrected chi connectivity index (χ3v) is 4.37. The molecule has 0 spiro atoms. The Kier molecular flexibility index (Phi) is 3.96. The van der Waals surface area contributed by atoms with Crippen molar-refractivity contribution in [2.45, 2.75) is 23.3 Å². The van der Waals surface area contributed by atoms with Crippen LogP contribution in [0.1, 0.15) is 12.8 Å². The molecule has 2 heterocycles. The van der Waals surface area contributed by atoms with E-state index in [0.29, 0.717) is 13.0 Å². The Balaban J connectivity index is 2.01. The van der Waals surface area contributed by atoms with E-state index in [1.165, 1.54) is 18.5 Å². The van der Waals surface area contributed by atoms with E-state index >= 15 is 0 Å². The van der Waals surface area contributed by atoms with E-state index < -0.39 is 15.6 Å². The minimum absolute atomic E-state index is 0.0111. The van der Waals surface area contributed by atoms with Crippen LogP contribution in [0.5, 0.6) is 0 Å². The highest BCUT2D eigenvalue weighted by atomic mass is 32.2. The van der Waals surface area contributed by atoms with Crippen molar-refractivity contribution in [1.29, 1.82) is 0 Å². The molecule has 1 aromatic rings. The number of nitrogens with one attached hydrogen (secondary N) is 2. The lowest BCUT2D eigenvalue weighted by Gasteiger charge is -2.32. The van der Waals surface area contributed by atoms with Gasteiger partial charge in [-0.15, -0.1) is 0 Å². The first-order valence-corrected chi connectivity index (χ1v) is 7.33. The minimum Gasteiger partial charge on any atom is -0.387 e. The second-order valence-electron chi connectivity index (χ2n) is 4.52. The number of rotatable bonds is 4. The molecule has 0 unspecified atom stereocenters. The topological polar surface area (TPSA) is 91.3 Å². The Morgan fingerprint density at radius 1 is 1.56 bits per heavy atom. The fourth-order valence-corrected chi connectivity index (χ4v) is 3.00. The van der Waals surface area contributed by atoms with E-state index in [2.05, 4.69) is 15.0 Å². The summed E-state index contributed by atoms with van der Waals surface area (Å²) in [6.07, 6.45) is 4.23. The normalized spacial score (nSPS) is 24.9. The number of nitrogens with zero attached hydrogens (tertiary/aromatic N) is 1. The molecule has 0 bridgehead atoms. The summed E-state index contributed by atoms with van der Waals surface area (Å²) in [6, 6.07) is 3.03. The van der Waals surface area contributed by atoms with Crippen molar-refractivity contribution < 1.29 is 13.5 Å². The predicted molar refractivity (Wildman–Crippen MR) is 66.5 cm³/mol. The first-order valence-electron chi connectivity index (χ1n) is 5.85. The van der Waals surface area contributed by atoms with Gasteiger partial charge in [-0.1, -0.05) is 0 Å². The van der Waals surface area contributed by atoms with Crippen LogP contribution >= 0.6 is 0 Å². The summed E-state index contributed by atoms with van der Waals surface area (Å²) in [5.41, 5.74) is -1.01. The molecule has 0 radical (unpaired) electrons. The summed E-state index contributed by atoms with van der Waals surface area (Å²) in [4.78, 5) is 3.88. The maximum absolute atomic E-state index is 11.9. The molecule has 0 aliphatic carbocycles. The quantitative estimate of drug-likeness (QED) is 0.685. The van der Waals surface area contributed by atoms with Crippen LogP contribution in [0.3, 0.4) is 0 Å². The fraction of sp³-hybridized carbons (Fsp3) is 0.545. The van der Waals surface area contributed by atoms with Crippen molar-refractivity contribution in [2.24, 2.45) is 0 Å². The van der Waals surface area contributed by atoms with Gasteiger partial charge in [0, 0.05) is 25.5 Å². The molecule has 0 saturated carbocycles. The van der Waals surface area contributed by atoms with Gasteiger partial charge in [0.05, 0.1) is 5.60 Å². The van der Waals surface area contributed by atoms with Gasteiger partial charge in [0.15, 0.2) is 0 Å². The summed E-state index contributed by atoms with van der Waals surface area (Å²) in [5, 5.41) is 13.2. The van der Waals surface area contributed by atoms with E-state index in [-0.39, 0.29) is 11.4 Å². The molecule has 7 heteroatoms. The van der Waals surface area contributed by atoms with Gasteiger partial charge in [-0.25, -0.2) is 13.1 Å². The smallest absolute Gasteiger partial charge is 0.242 e. The van der Waals surface area contributed by atoms with E-state index in [0.717, 1.165) is 13.0 Å². The van der Waals surface area contributed by atoms with E-state index in [4.69, 9.17) is 0 Å². The first-order chi connectivity index (χ1) is 8.52. The predicted octanol–water partition coefficient (Wildman–Crippen LogP) is -0.526. The van der Waals surface area contributed by atoms with Gasteiger partial charge in [-0.3, -0.25) is 4.98 Å². The summed E-state index contributed by atoms with van der Waals surface area (Å²) in [5.74, 6) is 0. The number of piperidine rings is 1. The Bertz CT molecular complexity index is 484. The fourth-order valence-electron chi connectivity index (χ4n) is 1.92. The lowest BCUT2D eigenvalue weighted by atomic mass is 9.95. The number of hydrogen-bond donors (Lipinski definition) is 3. The Morgan fingerprint density at radius 3 is 3.00 bits per heavy atom. The second-order valence-corrected chi connectivity index (χ2v) is 6.28. The largest absolute Gasteiger partial charge is 0.387 e. The average molecular weight is 271 g/mol. The molecule has 1 aliphatic rings. The molecule has 18 heavy (non-hydrogen) atoms. The highest BCUT2D eigenvalue weighted by Crippen LogP contribution is 2.16. The zero-order valence-corrected chi connectivity index (χ0v) is 10.8. The highest BCUT2D eigenvalue weighted by Gasteiger charge is 2.30. The molecule has 1 aliphatic heterocycles. The summed E-state index contributed by atoms with van der Waals surface area (Å²) in [6.45, 7) is 1.28. The van der Waals surface area contributed by atoms with Gasteiger partial charge >= 0.3 is 0 Å². The van der Waals surface area contributed by atoms with Crippen molar-refractivity contribution in [1.82, 2.24) is 15.0 Å². The molecule has 0 aromatic carbocycles. The van der Waals surface area contributed by atoms with Crippen LogP contribution in [0.25, 0.3) is 0 Å². The van der Waals surface area contributed by atoms with Crippen LogP contribution in [0.4, 0.5) is 0 Å². The lowest BCUT2D eigenvalue weighted by molar-refractivity contribution is 0.0218. The van der Waals surface area contributed by atoms with Crippen molar-refractivity contribution in [3.8, 4) is 0 Å². The third-order valence-electron chi connectivity index (χ3n) is 2.99. The van der Waals surface area contributed by atoms with Gasteiger partial charge in [-0.05, 0) is 31.5 Å². The molecule has 100 valence electrons. The summed E-state index contributed by atoms with van der Waals surface area (Å²) < 4.78 is 26.3. The van der Waals surface area contributed by atoms with Gasteiger partial charge < -0.3 is 10.4 Å². The molecule has 3 N–H and O–H groups in total. The molecule has 1 fully saturated rings. The molecular formula is C11H17N3O3S. The van der Waals surface area contributed by atoms with Crippen molar-refractivity contribution in [3.63, 3.8) is 0 Å². The van der Waals surface area contributed by atoms with Crippen molar-refractivity contribution >= 4 is 10.0 Å². The van der Waals surface area contributed by atoms with Gasteiger partial charge in [-0.2, -0.15) is 0 Å². The maximum Gasteiger partial charge on any atom is 0.242 e. The van der Waals surface area contributed by atoms with Crippen molar-refractivity contribution in [3.05, 3.63) is 24.5 Å². The third kappa shape index (κ3) is 3.26. The zero-order chi connectivity index (χ0) is 13.1. The Labute approximate surface area is 106 Å². The van der Waals surface area contributed by atoms with E-state index in [1.54, 1.807) is 6.07 Å². The number of pyridine rings is 1. The molecule has 1 saturated heterocycles. The van der Waals surface area contributed by atoms with Crippen LogP contribution in [0.2, 0.25) is 0 Å². The second kappa shape index (κ2) is 5.31. The van der Waals surface area contributed by atoms with Crippen LogP contribution in [-0.2, 0) is 10.0 Å². The van der Waals surface area contributed by atoms with Crippen LogP contribution in [0.15, 0.2) is 29.4 Å².